The number of rotatable bonds is 2. The van der Waals surface area contributed by atoms with E-state index in [4.69, 9.17) is 0 Å². The second-order valence-corrected chi connectivity index (χ2v) is 5.04. The summed E-state index contributed by atoms with van der Waals surface area (Å²) in [6.45, 7) is 1.70. The lowest BCUT2D eigenvalue weighted by Gasteiger charge is -2.32. The smallest absolute Gasteiger partial charge is 0.412 e. The number of nitrogens with zero attached hydrogens (tertiary/aromatic N) is 1. The van der Waals surface area contributed by atoms with Crippen molar-refractivity contribution in [3.8, 4) is 0 Å². The van der Waals surface area contributed by atoms with Crippen molar-refractivity contribution in [2.75, 3.05) is 18.0 Å². The van der Waals surface area contributed by atoms with Crippen LogP contribution < -0.4 is 10.2 Å². The molecule has 2 N–H and O–H groups in total. The zero-order chi connectivity index (χ0) is 12.3. The molecule has 0 unspecified atom stereocenters. The van der Waals surface area contributed by atoms with E-state index in [-0.39, 0.29) is 6.04 Å². The molecular weight excluding hydrogens is 284 g/mol. The molecule has 1 atom stereocenters. The summed E-state index contributed by atoms with van der Waals surface area (Å²) in [7, 11) is 0. The molecule has 1 aliphatic heterocycles. The molecule has 1 aromatic carbocycles. The van der Waals surface area contributed by atoms with Gasteiger partial charge in [0.25, 0.3) is 0 Å². The first-order valence-corrected chi connectivity index (χ1v) is 6.46. The fourth-order valence-electron chi connectivity index (χ4n) is 2.13. The average Bonchev–Trinajstić information content (AvgIpc) is 2.33. The van der Waals surface area contributed by atoms with Crippen LogP contribution in [0.25, 0.3) is 0 Å². The van der Waals surface area contributed by atoms with Gasteiger partial charge in [0.05, 0.1) is 6.04 Å². The quantitative estimate of drug-likeness (QED) is 0.883. The molecule has 0 radical (unpaired) electrons. The molecule has 1 aromatic rings. The lowest BCUT2D eigenvalue weighted by Crippen LogP contribution is -2.48. The summed E-state index contributed by atoms with van der Waals surface area (Å²) in [5, 5.41) is 12.6. The molecule has 0 bridgehead atoms. The molecule has 1 heterocycles. The fraction of sp³-hybridized carbons (Fsp3) is 0.417. The summed E-state index contributed by atoms with van der Waals surface area (Å²) < 4.78 is 0.952. The van der Waals surface area contributed by atoms with Crippen LogP contribution in [-0.4, -0.2) is 30.3 Å². The van der Waals surface area contributed by atoms with Crippen molar-refractivity contribution >= 4 is 27.7 Å². The van der Waals surface area contributed by atoms with Gasteiger partial charge < -0.3 is 10.4 Å². The number of halogens is 1. The maximum absolute atomic E-state index is 11.4. The highest BCUT2D eigenvalue weighted by Gasteiger charge is 2.26. The number of benzene rings is 1. The molecule has 1 saturated heterocycles. The first-order valence-electron chi connectivity index (χ1n) is 5.67. The number of anilines is 1. The number of piperidine rings is 1. The van der Waals surface area contributed by atoms with Crippen LogP contribution in [0.4, 0.5) is 10.5 Å². The minimum Gasteiger partial charge on any atom is -0.465 e. The van der Waals surface area contributed by atoms with Gasteiger partial charge in [0.15, 0.2) is 0 Å². The van der Waals surface area contributed by atoms with Crippen LogP contribution in [0.3, 0.4) is 0 Å². The van der Waals surface area contributed by atoms with Crippen molar-refractivity contribution < 1.29 is 9.90 Å². The van der Waals surface area contributed by atoms with E-state index in [1.165, 1.54) is 4.90 Å². The van der Waals surface area contributed by atoms with E-state index in [2.05, 4.69) is 21.2 Å². The van der Waals surface area contributed by atoms with E-state index in [9.17, 15) is 9.90 Å². The zero-order valence-corrected chi connectivity index (χ0v) is 11.0. The van der Waals surface area contributed by atoms with Gasteiger partial charge in [0.2, 0.25) is 0 Å². The van der Waals surface area contributed by atoms with Crippen LogP contribution in [0, 0.1) is 0 Å². The minimum absolute atomic E-state index is 0.0300. The maximum Gasteiger partial charge on any atom is 0.412 e. The van der Waals surface area contributed by atoms with Gasteiger partial charge in [-0.25, -0.2) is 4.79 Å². The Labute approximate surface area is 109 Å². The number of amides is 1. The lowest BCUT2D eigenvalue weighted by atomic mass is 10.1. The molecule has 1 aliphatic rings. The Morgan fingerprint density at radius 3 is 2.65 bits per heavy atom. The summed E-state index contributed by atoms with van der Waals surface area (Å²) in [5.74, 6) is 0. The monoisotopic (exact) mass is 298 g/mol. The average molecular weight is 299 g/mol. The Morgan fingerprint density at radius 2 is 2.12 bits per heavy atom. The molecule has 1 amide bonds. The predicted octanol–water partition coefficient (Wildman–Crippen LogP) is 2.69. The van der Waals surface area contributed by atoms with Gasteiger partial charge in [0.1, 0.15) is 0 Å². The van der Waals surface area contributed by atoms with Crippen molar-refractivity contribution in [2.45, 2.75) is 18.9 Å². The number of carbonyl (C=O) groups is 1. The Balaban J connectivity index is 2.21. The van der Waals surface area contributed by atoms with Gasteiger partial charge in [-0.05, 0) is 43.7 Å². The molecule has 2 rings (SSSR count). The molecule has 1 fully saturated rings. The van der Waals surface area contributed by atoms with Crippen molar-refractivity contribution in [3.05, 3.63) is 28.7 Å². The van der Waals surface area contributed by atoms with E-state index >= 15 is 0 Å². The fourth-order valence-corrected chi connectivity index (χ4v) is 2.40. The standard InChI is InChI=1S/C12H15BrN2O2/c13-9-3-5-10(6-4-9)15(12(16)17)11-2-1-7-14-8-11/h3-6,11,14H,1-2,7-8H2,(H,16,17)/t11-/m1/s1. The summed E-state index contributed by atoms with van der Waals surface area (Å²) in [5.41, 5.74) is 0.731. The number of hydrogen-bond donors (Lipinski definition) is 2. The third kappa shape index (κ3) is 2.98. The summed E-state index contributed by atoms with van der Waals surface area (Å²) in [4.78, 5) is 12.8. The molecule has 4 nitrogen and oxygen atoms in total. The third-order valence-electron chi connectivity index (χ3n) is 2.95. The highest BCUT2D eigenvalue weighted by Crippen LogP contribution is 2.23. The third-order valence-corrected chi connectivity index (χ3v) is 3.48. The van der Waals surface area contributed by atoms with Crippen LogP contribution in [0.1, 0.15) is 12.8 Å². The van der Waals surface area contributed by atoms with E-state index in [1.54, 1.807) is 0 Å². The second kappa shape index (κ2) is 5.51. The van der Waals surface area contributed by atoms with Crippen LogP contribution in [0.2, 0.25) is 0 Å². The Bertz CT molecular complexity index is 388. The molecule has 0 aliphatic carbocycles. The highest BCUT2D eigenvalue weighted by atomic mass is 79.9. The summed E-state index contributed by atoms with van der Waals surface area (Å²) in [6.07, 6.45) is 1.04. The molecule has 17 heavy (non-hydrogen) atoms. The number of carboxylic acid groups (broad SMARTS) is 1. The summed E-state index contributed by atoms with van der Waals surface area (Å²) in [6, 6.07) is 7.41. The van der Waals surface area contributed by atoms with Crippen LogP contribution in [0.15, 0.2) is 28.7 Å². The van der Waals surface area contributed by atoms with Crippen LogP contribution in [-0.2, 0) is 0 Å². The highest BCUT2D eigenvalue weighted by molar-refractivity contribution is 9.10. The molecule has 92 valence electrons. The lowest BCUT2D eigenvalue weighted by molar-refractivity contribution is 0.197. The van der Waals surface area contributed by atoms with Gasteiger partial charge in [-0.1, -0.05) is 15.9 Å². The number of hydrogen-bond acceptors (Lipinski definition) is 2. The van der Waals surface area contributed by atoms with Gasteiger partial charge in [-0.3, -0.25) is 4.90 Å². The van der Waals surface area contributed by atoms with Crippen LogP contribution in [0.5, 0.6) is 0 Å². The molecule has 5 heteroatoms. The minimum atomic E-state index is -0.888. The van der Waals surface area contributed by atoms with Crippen molar-refractivity contribution in [1.82, 2.24) is 5.32 Å². The van der Waals surface area contributed by atoms with E-state index in [1.807, 2.05) is 24.3 Å². The van der Waals surface area contributed by atoms with Crippen LogP contribution >= 0.6 is 15.9 Å². The van der Waals surface area contributed by atoms with Gasteiger partial charge in [-0.15, -0.1) is 0 Å². The Morgan fingerprint density at radius 1 is 1.41 bits per heavy atom. The van der Waals surface area contributed by atoms with Crippen molar-refractivity contribution in [1.29, 1.82) is 0 Å². The predicted molar refractivity (Wildman–Crippen MR) is 70.5 cm³/mol. The largest absolute Gasteiger partial charge is 0.465 e. The van der Waals surface area contributed by atoms with Crippen molar-refractivity contribution in [3.63, 3.8) is 0 Å². The Kier molecular flexibility index (Phi) is 4.02. The molecule has 0 spiro atoms. The SMILES string of the molecule is O=C(O)N(c1ccc(Br)cc1)[C@@H]1CCCNC1. The molecule has 0 saturated carbocycles. The first kappa shape index (κ1) is 12.4. The first-order chi connectivity index (χ1) is 8.18. The van der Waals surface area contributed by atoms with Gasteiger partial charge >= 0.3 is 6.09 Å². The maximum atomic E-state index is 11.4. The topological polar surface area (TPSA) is 52.6 Å². The Hall–Kier alpha value is -1.07. The van der Waals surface area contributed by atoms with E-state index in [0.717, 1.165) is 36.1 Å². The summed E-state index contributed by atoms with van der Waals surface area (Å²) >= 11 is 3.35. The van der Waals surface area contributed by atoms with E-state index < -0.39 is 6.09 Å². The number of nitrogens with one attached hydrogen (secondary N) is 1. The second-order valence-electron chi connectivity index (χ2n) is 4.13. The molecule has 0 aromatic heterocycles. The molecular formula is C12H15BrN2O2. The van der Waals surface area contributed by atoms with Gasteiger partial charge in [-0.2, -0.15) is 0 Å². The zero-order valence-electron chi connectivity index (χ0n) is 9.40. The van der Waals surface area contributed by atoms with Gasteiger partial charge in [0, 0.05) is 16.7 Å². The van der Waals surface area contributed by atoms with Crippen molar-refractivity contribution in [2.24, 2.45) is 0 Å². The normalized spacial score (nSPS) is 19.9. The van der Waals surface area contributed by atoms with E-state index in [0.29, 0.717) is 0 Å².